The summed E-state index contributed by atoms with van der Waals surface area (Å²) in [6, 6.07) is 6.42. The maximum absolute atomic E-state index is 13.3. The first-order valence-corrected chi connectivity index (χ1v) is 12.3. The van der Waals surface area contributed by atoms with Gasteiger partial charge in [-0.3, -0.25) is 0 Å². The lowest BCUT2D eigenvalue weighted by Crippen LogP contribution is -2.41. The first-order chi connectivity index (χ1) is 15.2. The van der Waals surface area contributed by atoms with Crippen molar-refractivity contribution in [2.75, 3.05) is 0 Å². The minimum absolute atomic E-state index is 0.0453. The molecule has 1 saturated carbocycles. The number of allylic oxidation sites excluding steroid dienone is 3. The summed E-state index contributed by atoms with van der Waals surface area (Å²) in [5.41, 5.74) is 6.87. The van der Waals surface area contributed by atoms with E-state index < -0.39 is 5.92 Å². The molecule has 1 fully saturated rings. The average Bonchev–Trinajstić information content (AvgIpc) is 2.72. The molecule has 1 N–H and O–H groups in total. The number of alkyl halides is 2. The molecule has 0 spiro atoms. The highest BCUT2D eigenvalue weighted by atomic mass is 19.3. The summed E-state index contributed by atoms with van der Waals surface area (Å²) in [4.78, 5) is 0. The fourth-order valence-electron chi connectivity index (χ4n) is 5.36. The van der Waals surface area contributed by atoms with E-state index in [0.717, 1.165) is 44.8 Å². The molecule has 1 atom stereocenters. The summed E-state index contributed by atoms with van der Waals surface area (Å²) in [6.45, 7) is 13.5. The highest BCUT2D eigenvalue weighted by Crippen LogP contribution is 2.32. The van der Waals surface area contributed by atoms with Crippen molar-refractivity contribution in [3.8, 4) is 0 Å². The van der Waals surface area contributed by atoms with Gasteiger partial charge in [0.05, 0.1) is 6.42 Å². The van der Waals surface area contributed by atoms with Crippen molar-refractivity contribution in [1.82, 2.24) is 5.32 Å². The molecule has 173 valence electrons. The molecule has 1 nitrogen and oxygen atoms in total. The number of hydrogen-bond donors (Lipinski definition) is 1. The van der Waals surface area contributed by atoms with Crippen molar-refractivity contribution in [2.45, 2.75) is 95.7 Å². The van der Waals surface area contributed by atoms with Crippen LogP contribution in [0.25, 0.3) is 5.57 Å². The number of halogens is 2. The Labute approximate surface area is 194 Å². The van der Waals surface area contributed by atoms with E-state index in [1.165, 1.54) is 66.4 Å². The number of fused-ring (bicyclic) bond motifs is 1. The van der Waals surface area contributed by atoms with Gasteiger partial charge in [0.25, 0.3) is 5.92 Å². The third-order valence-electron chi connectivity index (χ3n) is 6.92. The Kier molecular flexibility index (Phi) is 8.79. The van der Waals surface area contributed by atoms with Crippen molar-refractivity contribution >= 4 is 12.9 Å². The van der Waals surface area contributed by atoms with Gasteiger partial charge >= 0.3 is 0 Å². The van der Waals surface area contributed by atoms with E-state index in [0.29, 0.717) is 5.70 Å². The average molecular weight is 438 g/mol. The number of benzene rings is 1. The molecule has 32 heavy (non-hydrogen) atoms. The zero-order chi connectivity index (χ0) is 23.1. The van der Waals surface area contributed by atoms with Gasteiger partial charge in [-0.05, 0) is 73.2 Å². The second-order valence-corrected chi connectivity index (χ2v) is 10.1. The van der Waals surface area contributed by atoms with Crippen LogP contribution in [0, 0.1) is 5.92 Å². The Hall–Kier alpha value is -1.84. The largest absolute Gasteiger partial charge is 0.394 e. The quantitative estimate of drug-likeness (QED) is 0.277. The highest BCUT2D eigenvalue weighted by molar-refractivity contribution is 6.38. The van der Waals surface area contributed by atoms with E-state index in [9.17, 15) is 8.78 Å². The van der Waals surface area contributed by atoms with Gasteiger partial charge < -0.3 is 5.32 Å². The lowest BCUT2D eigenvalue weighted by molar-refractivity contribution is 0.0211. The molecule has 1 aliphatic heterocycles. The topological polar surface area (TPSA) is 12.0 Å². The maximum atomic E-state index is 13.3. The fraction of sp³-hybridized carbons (Fsp3) is 0.571. The Morgan fingerprint density at radius 1 is 1.12 bits per heavy atom. The molecule has 1 unspecified atom stereocenters. The molecule has 0 saturated heterocycles. The molecular weight excluding hydrogens is 399 g/mol. The van der Waals surface area contributed by atoms with E-state index >= 15 is 0 Å². The molecule has 1 aliphatic carbocycles. The van der Waals surface area contributed by atoms with Gasteiger partial charge in [-0.15, -0.1) is 0 Å². The first-order valence-electron chi connectivity index (χ1n) is 12.3. The summed E-state index contributed by atoms with van der Waals surface area (Å²) in [5.74, 6) is -1.83. The molecule has 0 bridgehead atoms. The van der Waals surface area contributed by atoms with Gasteiger partial charge in [0.15, 0.2) is 0 Å². The van der Waals surface area contributed by atoms with Gasteiger partial charge in [-0.25, -0.2) is 8.78 Å². The number of rotatable bonds is 11. The van der Waals surface area contributed by atoms with Crippen molar-refractivity contribution < 1.29 is 8.78 Å². The Bertz CT molecular complexity index is 817. The predicted molar refractivity (Wildman–Crippen MR) is 134 cm³/mol. The lowest BCUT2D eigenvalue weighted by Gasteiger charge is -2.29. The SMILES string of the molecule is C=C(CCCC(=C)c1cccc2c1C[B]C(NC(=C)CC(C)(F)F)C2)CC1CCCCC1. The normalized spacial score (nSPS) is 19.0. The zero-order valence-electron chi connectivity index (χ0n) is 19.8. The van der Waals surface area contributed by atoms with E-state index in [2.05, 4.69) is 50.5 Å². The minimum Gasteiger partial charge on any atom is -0.394 e. The van der Waals surface area contributed by atoms with Crippen molar-refractivity contribution in [3.63, 3.8) is 0 Å². The predicted octanol–water partition coefficient (Wildman–Crippen LogP) is 7.63. The molecule has 0 amide bonds. The molecule has 1 aromatic carbocycles. The first kappa shape index (κ1) is 24.8. The van der Waals surface area contributed by atoms with Gasteiger partial charge in [-0.2, -0.15) is 0 Å². The van der Waals surface area contributed by atoms with Crippen LogP contribution in [0.2, 0.25) is 0 Å². The number of nitrogens with one attached hydrogen (secondary N) is 1. The van der Waals surface area contributed by atoms with Crippen LogP contribution in [0.5, 0.6) is 0 Å². The lowest BCUT2D eigenvalue weighted by atomic mass is 9.57. The minimum atomic E-state index is -2.73. The van der Waals surface area contributed by atoms with Crippen LogP contribution in [-0.4, -0.2) is 19.1 Å². The van der Waals surface area contributed by atoms with E-state index in [4.69, 9.17) is 0 Å². The molecule has 1 heterocycles. The van der Waals surface area contributed by atoms with E-state index in [1.54, 1.807) is 0 Å². The molecule has 3 rings (SSSR count). The van der Waals surface area contributed by atoms with Crippen LogP contribution in [0.4, 0.5) is 8.78 Å². The summed E-state index contributed by atoms with van der Waals surface area (Å²) in [5, 5.41) is 3.18. The maximum Gasteiger partial charge on any atom is 0.250 e. The summed E-state index contributed by atoms with van der Waals surface area (Å²) in [6.07, 6.45) is 12.6. The second-order valence-electron chi connectivity index (χ2n) is 10.1. The van der Waals surface area contributed by atoms with E-state index in [1.807, 2.05) is 0 Å². The van der Waals surface area contributed by atoms with Crippen LogP contribution in [-0.2, 0) is 12.7 Å². The van der Waals surface area contributed by atoms with Gasteiger partial charge in [0.2, 0.25) is 0 Å². The van der Waals surface area contributed by atoms with Crippen LogP contribution < -0.4 is 5.32 Å². The molecule has 4 heteroatoms. The standard InChI is InChI=1S/C28H39BF2N/c1-20(16-23-12-6-5-7-13-23)10-8-11-21(2)25-15-9-14-24-17-27(29-19-26(24)25)32-22(3)18-28(4,30)31/h9,14-15,23,27,32H,1-3,5-8,10-13,16-19H2,4H3. The summed E-state index contributed by atoms with van der Waals surface area (Å²) >= 11 is 0. The third-order valence-corrected chi connectivity index (χ3v) is 6.92. The van der Waals surface area contributed by atoms with Gasteiger partial charge in [0, 0.05) is 5.70 Å². The van der Waals surface area contributed by atoms with Crippen LogP contribution in [0.3, 0.4) is 0 Å². The Morgan fingerprint density at radius 2 is 1.88 bits per heavy atom. The fourth-order valence-corrected chi connectivity index (χ4v) is 5.36. The highest BCUT2D eigenvalue weighted by Gasteiger charge is 2.26. The monoisotopic (exact) mass is 438 g/mol. The molecule has 0 aromatic heterocycles. The molecule has 2 aliphatic rings. The second kappa shape index (κ2) is 11.3. The molecule has 1 radical (unpaired) electrons. The summed E-state index contributed by atoms with van der Waals surface area (Å²) in [7, 11) is 2.18. The zero-order valence-corrected chi connectivity index (χ0v) is 19.8. The van der Waals surface area contributed by atoms with Crippen LogP contribution >= 0.6 is 0 Å². The Morgan fingerprint density at radius 3 is 2.59 bits per heavy atom. The van der Waals surface area contributed by atoms with Gasteiger partial charge in [-0.1, -0.05) is 81.9 Å². The van der Waals surface area contributed by atoms with Crippen molar-refractivity contribution in [2.24, 2.45) is 5.92 Å². The third kappa shape index (κ3) is 7.64. The molecular formula is C28H39BF2N. The van der Waals surface area contributed by atoms with Crippen LogP contribution in [0.1, 0.15) is 87.8 Å². The summed E-state index contributed by atoms with van der Waals surface area (Å²) < 4.78 is 26.5. The van der Waals surface area contributed by atoms with Gasteiger partial charge in [0.1, 0.15) is 7.28 Å². The number of hydrogen-bond acceptors (Lipinski definition) is 1. The smallest absolute Gasteiger partial charge is 0.250 e. The molecule has 1 aromatic rings. The van der Waals surface area contributed by atoms with Crippen molar-refractivity contribution in [3.05, 3.63) is 65.9 Å². The Balaban J connectivity index is 1.49. The van der Waals surface area contributed by atoms with Crippen LogP contribution in [0.15, 0.2) is 49.2 Å². The van der Waals surface area contributed by atoms with Crippen molar-refractivity contribution in [1.29, 1.82) is 0 Å². The van der Waals surface area contributed by atoms with E-state index in [-0.39, 0.29) is 12.4 Å².